The Hall–Kier alpha value is -1.81. The van der Waals surface area contributed by atoms with Crippen molar-refractivity contribution in [3.8, 4) is 0 Å². The van der Waals surface area contributed by atoms with Crippen molar-refractivity contribution in [2.75, 3.05) is 77.4 Å². The van der Waals surface area contributed by atoms with Crippen LogP contribution in [0.25, 0.3) is 0 Å². The van der Waals surface area contributed by atoms with Crippen LogP contribution in [0.4, 0.5) is 10.1 Å². The zero-order valence-electron chi connectivity index (χ0n) is 16.1. The first-order valence-electron chi connectivity index (χ1n) is 9.93. The fourth-order valence-electron chi connectivity index (χ4n) is 3.54. The molecule has 1 aromatic carbocycles. The standard InChI is InChI=1S/C19H28FN5O2S/c20-16-1-3-17(4-2-16)22-18(26)15-24-7-9-25(10-8-24)19(28)21-5-6-23-11-13-27-14-12-23/h1-4H,5-15H2,(H,21,28)(H,22,26)/p+2. The Morgan fingerprint density at radius 1 is 1.11 bits per heavy atom. The second kappa shape index (κ2) is 10.7. The zero-order valence-corrected chi connectivity index (χ0v) is 17.0. The molecule has 0 spiro atoms. The van der Waals surface area contributed by atoms with Crippen LogP contribution >= 0.6 is 12.2 Å². The van der Waals surface area contributed by atoms with Crippen LogP contribution in [0.2, 0.25) is 0 Å². The molecule has 0 radical (unpaired) electrons. The summed E-state index contributed by atoms with van der Waals surface area (Å²) in [5, 5.41) is 7.00. The van der Waals surface area contributed by atoms with Gasteiger partial charge < -0.3 is 30.1 Å². The summed E-state index contributed by atoms with van der Waals surface area (Å²) in [4.78, 5) is 17.2. The number of thiocarbonyl (C=S) groups is 1. The predicted molar refractivity (Wildman–Crippen MR) is 109 cm³/mol. The van der Waals surface area contributed by atoms with Crippen LogP contribution in [-0.4, -0.2) is 88.0 Å². The summed E-state index contributed by atoms with van der Waals surface area (Å²) in [5.41, 5.74) is 0.622. The number of halogens is 1. The number of anilines is 1. The molecule has 0 unspecified atom stereocenters. The van der Waals surface area contributed by atoms with Gasteiger partial charge in [-0.15, -0.1) is 0 Å². The third-order valence-corrected chi connectivity index (χ3v) is 5.65. The Labute approximate surface area is 170 Å². The van der Waals surface area contributed by atoms with Crippen molar-refractivity contribution in [1.82, 2.24) is 10.2 Å². The van der Waals surface area contributed by atoms with Gasteiger partial charge in [0.25, 0.3) is 5.91 Å². The zero-order chi connectivity index (χ0) is 19.8. The van der Waals surface area contributed by atoms with Gasteiger partial charge in [0.15, 0.2) is 11.7 Å². The molecule has 9 heteroatoms. The number of hydrogen-bond donors (Lipinski definition) is 4. The van der Waals surface area contributed by atoms with E-state index in [9.17, 15) is 9.18 Å². The van der Waals surface area contributed by atoms with Crippen molar-refractivity contribution < 1.29 is 23.7 Å². The van der Waals surface area contributed by atoms with E-state index in [2.05, 4.69) is 15.5 Å². The van der Waals surface area contributed by atoms with Crippen LogP contribution in [0.3, 0.4) is 0 Å². The number of quaternary nitrogens is 2. The number of benzene rings is 1. The van der Waals surface area contributed by atoms with Gasteiger partial charge >= 0.3 is 0 Å². The minimum atomic E-state index is -0.310. The highest BCUT2D eigenvalue weighted by Crippen LogP contribution is 2.07. The second-order valence-corrected chi connectivity index (χ2v) is 7.70. The van der Waals surface area contributed by atoms with E-state index in [0.717, 1.165) is 70.7 Å². The van der Waals surface area contributed by atoms with E-state index < -0.39 is 0 Å². The van der Waals surface area contributed by atoms with Crippen molar-refractivity contribution in [2.24, 2.45) is 0 Å². The largest absolute Gasteiger partial charge is 0.370 e. The molecule has 0 aromatic heterocycles. The van der Waals surface area contributed by atoms with Crippen LogP contribution in [0.1, 0.15) is 0 Å². The molecular formula is C19H30FN5O2S+2. The number of piperazine rings is 1. The summed E-state index contributed by atoms with van der Waals surface area (Å²) < 4.78 is 18.3. The number of morpholine rings is 1. The van der Waals surface area contributed by atoms with Crippen LogP contribution in [0, 0.1) is 5.82 Å². The number of nitrogens with one attached hydrogen (secondary N) is 4. The highest BCUT2D eigenvalue weighted by Gasteiger charge is 2.24. The van der Waals surface area contributed by atoms with Gasteiger partial charge in [0.05, 0.1) is 52.5 Å². The number of ether oxygens (including phenoxy) is 1. The van der Waals surface area contributed by atoms with Gasteiger partial charge in [0.1, 0.15) is 18.9 Å². The molecule has 2 saturated heterocycles. The number of carbonyl (C=O) groups is 1. The molecular weight excluding hydrogens is 381 g/mol. The fraction of sp³-hybridized carbons (Fsp3) is 0.579. The Bertz CT molecular complexity index is 646. The summed E-state index contributed by atoms with van der Waals surface area (Å²) in [6.07, 6.45) is 0. The first-order valence-corrected chi connectivity index (χ1v) is 10.3. The minimum absolute atomic E-state index is 0.0516. The van der Waals surface area contributed by atoms with Gasteiger partial charge in [0, 0.05) is 5.69 Å². The quantitative estimate of drug-likeness (QED) is 0.399. The predicted octanol–water partition coefficient (Wildman–Crippen LogP) is -2.25. The molecule has 2 aliphatic heterocycles. The maximum Gasteiger partial charge on any atom is 0.279 e. The lowest BCUT2D eigenvalue weighted by atomic mass is 10.3. The topological polar surface area (TPSA) is 62.5 Å². The molecule has 154 valence electrons. The van der Waals surface area contributed by atoms with E-state index in [0.29, 0.717) is 12.2 Å². The summed E-state index contributed by atoms with van der Waals surface area (Å²) in [5.74, 6) is -0.361. The average molecular weight is 412 g/mol. The highest BCUT2D eigenvalue weighted by molar-refractivity contribution is 7.80. The van der Waals surface area contributed by atoms with Gasteiger partial charge in [-0.05, 0) is 36.5 Å². The van der Waals surface area contributed by atoms with Gasteiger partial charge in [0.2, 0.25) is 0 Å². The average Bonchev–Trinajstić information content (AvgIpc) is 2.71. The van der Waals surface area contributed by atoms with E-state index in [4.69, 9.17) is 17.0 Å². The van der Waals surface area contributed by atoms with E-state index in [-0.39, 0.29) is 11.7 Å². The summed E-state index contributed by atoms with van der Waals surface area (Å²) in [7, 11) is 0. The van der Waals surface area contributed by atoms with E-state index in [1.807, 2.05) is 0 Å². The maximum absolute atomic E-state index is 12.9. The van der Waals surface area contributed by atoms with Crippen molar-refractivity contribution in [3.63, 3.8) is 0 Å². The number of rotatable bonds is 6. The van der Waals surface area contributed by atoms with Crippen molar-refractivity contribution in [2.45, 2.75) is 0 Å². The van der Waals surface area contributed by atoms with E-state index >= 15 is 0 Å². The van der Waals surface area contributed by atoms with Gasteiger partial charge in [-0.1, -0.05) is 0 Å². The van der Waals surface area contributed by atoms with Gasteiger partial charge in [-0.2, -0.15) is 0 Å². The first kappa shape index (κ1) is 20.9. The summed E-state index contributed by atoms with van der Waals surface area (Å²) in [6.45, 7) is 9.59. The first-order chi connectivity index (χ1) is 13.6. The molecule has 1 amide bonds. The molecule has 1 aromatic rings. The fourth-order valence-corrected chi connectivity index (χ4v) is 3.82. The van der Waals surface area contributed by atoms with E-state index in [1.54, 1.807) is 17.0 Å². The van der Waals surface area contributed by atoms with Crippen LogP contribution in [-0.2, 0) is 9.53 Å². The second-order valence-electron chi connectivity index (χ2n) is 7.31. The van der Waals surface area contributed by atoms with Crippen molar-refractivity contribution >= 4 is 28.9 Å². The molecule has 0 atom stereocenters. The Morgan fingerprint density at radius 2 is 1.79 bits per heavy atom. The van der Waals surface area contributed by atoms with E-state index in [1.165, 1.54) is 17.0 Å². The monoisotopic (exact) mass is 411 g/mol. The normalized spacial score (nSPS) is 18.7. The van der Waals surface area contributed by atoms with Crippen LogP contribution in [0.5, 0.6) is 0 Å². The number of carbonyl (C=O) groups excluding carboxylic acids is 1. The molecule has 0 aliphatic carbocycles. The SMILES string of the molecule is O=C(C[NH+]1CCN(C(=S)NCC[NH+]2CCOCC2)CC1)Nc1ccc(F)cc1. The maximum atomic E-state index is 12.9. The van der Waals surface area contributed by atoms with Crippen LogP contribution < -0.4 is 20.4 Å². The third kappa shape index (κ3) is 6.66. The lowest BCUT2D eigenvalue weighted by Gasteiger charge is -2.33. The molecule has 0 saturated carbocycles. The molecule has 7 nitrogen and oxygen atoms in total. The Morgan fingerprint density at radius 3 is 2.46 bits per heavy atom. The lowest BCUT2D eigenvalue weighted by Crippen LogP contribution is -3.15. The number of amides is 1. The third-order valence-electron chi connectivity index (χ3n) is 5.25. The molecule has 0 bridgehead atoms. The van der Waals surface area contributed by atoms with Crippen molar-refractivity contribution in [3.05, 3.63) is 30.1 Å². The molecule has 2 aliphatic rings. The van der Waals surface area contributed by atoms with Crippen LogP contribution in [0.15, 0.2) is 24.3 Å². The summed E-state index contributed by atoms with van der Waals surface area (Å²) >= 11 is 5.53. The molecule has 2 fully saturated rings. The Balaban J connectivity index is 1.31. The smallest absolute Gasteiger partial charge is 0.279 e. The highest BCUT2D eigenvalue weighted by atomic mass is 32.1. The van der Waals surface area contributed by atoms with Gasteiger partial charge in [-0.3, -0.25) is 4.79 Å². The molecule has 4 N–H and O–H groups in total. The lowest BCUT2D eigenvalue weighted by molar-refractivity contribution is -0.906. The van der Waals surface area contributed by atoms with Crippen molar-refractivity contribution in [1.29, 1.82) is 0 Å². The van der Waals surface area contributed by atoms with Gasteiger partial charge in [-0.25, -0.2) is 4.39 Å². The number of nitrogens with zero attached hydrogens (tertiary/aromatic N) is 1. The molecule has 3 rings (SSSR count). The minimum Gasteiger partial charge on any atom is -0.370 e. The Kier molecular flexibility index (Phi) is 7.96. The molecule has 2 heterocycles. The number of hydrogen-bond acceptors (Lipinski definition) is 3. The summed E-state index contributed by atoms with van der Waals surface area (Å²) in [6, 6.07) is 5.83. The molecule has 28 heavy (non-hydrogen) atoms.